The molecule has 0 radical (unpaired) electrons. The molecule has 0 saturated carbocycles. The van der Waals surface area contributed by atoms with Crippen molar-refractivity contribution < 1.29 is 4.74 Å². The predicted octanol–water partition coefficient (Wildman–Crippen LogP) is 2.75. The van der Waals surface area contributed by atoms with Gasteiger partial charge in [-0.05, 0) is 18.6 Å². The van der Waals surface area contributed by atoms with E-state index in [-0.39, 0.29) is 0 Å². The Kier molecular flexibility index (Phi) is 2.85. The number of rotatable bonds is 3. The summed E-state index contributed by atoms with van der Waals surface area (Å²) in [5.41, 5.74) is 2.06. The molecule has 0 amide bonds. The number of hydrogen-bond donors (Lipinski definition) is 1. The minimum Gasteiger partial charge on any atom is -0.496 e. The summed E-state index contributed by atoms with van der Waals surface area (Å²) < 4.78 is 5.16. The van der Waals surface area contributed by atoms with Crippen molar-refractivity contribution in [3.63, 3.8) is 0 Å². The number of hydrogen-bond acceptors (Lipinski definition) is 2. The first-order valence-electron chi connectivity index (χ1n) is 4.04. The van der Waals surface area contributed by atoms with E-state index in [2.05, 4.69) is 6.58 Å². The van der Waals surface area contributed by atoms with E-state index >= 15 is 0 Å². The summed E-state index contributed by atoms with van der Waals surface area (Å²) in [6.45, 7) is 5.55. The maximum absolute atomic E-state index is 7.45. The molecule has 0 fully saturated rings. The fourth-order valence-corrected chi connectivity index (χ4v) is 1.10. The molecule has 0 heterocycles. The van der Waals surface area contributed by atoms with Crippen LogP contribution in [0.15, 0.2) is 30.8 Å². The highest BCUT2D eigenvalue weighted by molar-refractivity contribution is 6.21. The van der Waals surface area contributed by atoms with Crippen molar-refractivity contribution in [1.29, 1.82) is 5.41 Å². The Labute approximate surface area is 78.4 Å². The second kappa shape index (κ2) is 3.90. The first-order chi connectivity index (χ1) is 6.16. The second-order valence-electron chi connectivity index (χ2n) is 2.80. The lowest BCUT2D eigenvalue weighted by Crippen LogP contribution is -1.96. The van der Waals surface area contributed by atoms with Gasteiger partial charge in [0.25, 0.3) is 0 Å². The Bertz CT molecular complexity index is 342. The SMILES string of the molecule is C=C(C(C)=N)c1ccccc1OC. The average molecular weight is 175 g/mol. The Morgan fingerprint density at radius 3 is 2.54 bits per heavy atom. The van der Waals surface area contributed by atoms with Crippen molar-refractivity contribution in [3.8, 4) is 5.75 Å². The van der Waals surface area contributed by atoms with E-state index in [4.69, 9.17) is 10.1 Å². The summed E-state index contributed by atoms with van der Waals surface area (Å²) in [7, 11) is 1.62. The number of allylic oxidation sites excluding steroid dienone is 1. The van der Waals surface area contributed by atoms with Crippen LogP contribution >= 0.6 is 0 Å². The van der Waals surface area contributed by atoms with Crippen molar-refractivity contribution in [2.24, 2.45) is 0 Å². The quantitative estimate of drug-likeness (QED) is 0.704. The Balaban J connectivity index is 3.13. The zero-order chi connectivity index (χ0) is 9.84. The largest absolute Gasteiger partial charge is 0.496 e. The standard InChI is InChI=1S/C11H13NO/c1-8(9(2)12)10-6-4-5-7-11(10)13-3/h4-7,12H,1H2,2-3H3. The van der Waals surface area contributed by atoms with Gasteiger partial charge in [-0.15, -0.1) is 0 Å². The third-order valence-corrected chi connectivity index (χ3v) is 1.88. The van der Waals surface area contributed by atoms with Gasteiger partial charge >= 0.3 is 0 Å². The monoisotopic (exact) mass is 175 g/mol. The van der Waals surface area contributed by atoms with Gasteiger partial charge in [0.1, 0.15) is 5.75 Å². The zero-order valence-electron chi connectivity index (χ0n) is 7.92. The second-order valence-corrected chi connectivity index (χ2v) is 2.80. The number of benzene rings is 1. The summed E-state index contributed by atoms with van der Waals surface area (Å²) >= 11 is 0. The molecular formula is C11H13NO. The van der Waals surface area contributed by atoms with Crippen LogP contribution in [-0.4, -0.2) is 12.8 Å². The summed E-state index contributed by atoms with van der Waals surface area (Å²) in [4.78, 5) is 0. The topological polar surface area (TPSA) is 33.1 Å². The summed E-state index contributed by atoms with van der Waals surface area (Å²) in [5.74, 6) is 0.763. The van der Waals surface area contributed by atoms with E-state index in [1.54, 1.807) is 14.0 Å². The average Bonchev–Trinajstić information content (AvgIpc) is 2.16. The Hall–Kier alpha value is -1.57. The molecule has 13 heavy (non-hydrogen) atoms. The van der Waals surface area contributed by atoms with E-state index in [0.29, 0.717) is 11.3 Å². The van der Waals surface area contributed by atoms with Crippen LogP contribution in [0.4, 0.5) is 0 Å². The van der Waals surface area contributed by atoms with Crippen LogP contribution in [0.1, 0.15) is 12.5 Å². The summed E-state index contributed by atoms with van der Waals surface area (Å²) in [5, 5.41) is 7.45. The van der Waals surface area contributed by atoms with Crippen LogP contribution < -0.4 is 4.74 Å². The number of nitrogens with one attached hydrogen (secondary N) is 1. The molecule has 0 saturated heterocycles. The lowest BCUT2D eigenvalue weighted by molar-refractivity contribution is 0.413. The van der Waals surface area contributed by atoms with Crippen molar-refractivity contribution in [1.82, 2.24) is 0 Å². The van der Waals surface area contributed by atoms with Crippen molar-refractivity contribution >= 4 is 11.3 Å². The van der Waals surface area contributed by atoms with Gasteiger partial charge in [-0.25, -0.2) is 0 Å². The molecule has 0 unspecified atom stereocenters. The molecule has 2 nitrogen and oxygen atoms in total. The molecule has 0 bridgehead atoms. The van der Waals surface area contributed by atoms with Crippen molar-refractivity contribution in [2.75, 3.05) is 7.11 Å². The highest BCUT2D eigenvalue weighted by Crippen LogP contribution is 2.24. The Morgan fingerprint density at radius 1 is 1.38 bits per heavy atom. The minimum atomic E-state index is 0.463. The van der Waals surface area contributed by atoms with Gasteiger partial charge in [0.15, 0.2) is 0 Å². The molecule has 0 aliphatic heterocycles. The third kappa shape index (κ3) is 1.96. The van der Waals surface area contributed by atoms with Crippen molar-refractivity contribution in [3.05, 3.63) is 36.4 Å². The van der Waals surface area contributed by atoms with E-state index in [9.17, 15) is 0 Å². The third-order valence-electron chi connectivity index (χ3n) is 1.88. The molecule has 1 aromatic carbocycles. The van der Waals surface area contributed by atoms with E-state index in [1.165, 1.54) is 0 Å². The lowest BCUT2D eigenvalue weighted by atomic mass is 10.0. The van der Waals surface area contributed by atoms with Gasteiger partial charge in [0, 0.05) is 11.3 Å². The number of ether oxygens (including phenoxy) is 1. The van der Waals surface area contributed by atoms with Gasteiger partial charge < -0.3 is 10.1 Å². The first kappa shape index (κ1) is 9.52. The number of methoxy groups -OCH3 is 1. The van der Waals surface area contributed by atoms with Crippen LogP contribution in [0.25, 0.3) is 5.57 Å². The lowest BCUT2D eigenvalue weighted by Gasteiger charge is -2.09. The fraction of sp³-hybridized carbons (Fsp3) is 0.182. The van der Waals surface area contributed by atoms with Crippen LogP contribution in [0.2, 0.25) is 0 Å². The van der Waals surface area contributed by atoms with E-state index in [1.807, 2.05) is 24.3 Å². The summed E-state index contributed by atoms with van der Waals surface area (Å²) in [6.07, 6.45) is 0. The van der Waals surface area contributed by atoms with Crippen LogP contribution in [0.3, 0.4) is 0 Å². The van der Waals surface area contributed by atoms with Crippen LogP contribution in [-0.2, 0) is 0 Å². The molecule has 2 heteroatoms. The maximum Gasteiger partial charge on any atom is 0.126 e. The van der Waals surface area contributed by atoms with Gasteiger partial charge in [0.05, 0.1) is 7.11 Å². The smallest absolute Gasteiger partial charge is 0.126 e. The molecule has 0 aliphatic carbocycles. The van der Waals surface area contributed by atoms with Gasteiger partial charge in [-0.3, -0.25) is 0 Å². The molecule has 1 N–H and O–H groups in total. The van der Waals surface area contributed by atoms with E-state index in [0.717, 1.165) is 11.3 Å². The molecular weight excluding hydrogens is 162 g/mol. The van der Waals surface area contributed by atoms with Gasteiger partial charge in [-0.2, -0.15) is 0 Å². The molecule has 1 rings (SSSR count). The van der Waals surface area contributed by atoms with Gasteiger partial charge in [0.2, 0.25) is 0 Å². The Morgan fingerprint density at radius 2 is 2.00 bits per heavy atom. The normalized spacial score (nSPS) is 9.38. The van der Waals surface area contributed by atoms with Crippen LogP contribution in [0, 0.1) is 5.41 Å². The number of para-hydroxylation sites is 1. The maximum atomic E-state index is 7.45. The minimum absolute atomic E-state index is 0.463. The molecule has 68 valence electrons. The molecule has 1 aromatic rings. The molecule has 0 aromatic heterocycles. The fourth-order valence-electron chi connectivity index (χ4n) is 1.10. The summed E-state index contributed by atoms with van der Waals surface area (Å²) in [6, 6.07) is 7.57. The van der Waals surface area contributed by atoms with Crippen LogP contribution in [0.5, 0.6) is 5.75 Å². The zero-order valence-corrected chi connectivity index (χ0v) is 7.92. The highest BCUT2D eigenvalue weighted by atomic mass is 16.5. The molecule has 0 aliphatic rings. The first-order valence-corrected chi connectivity index (χ1v) is 4.04. The predicted molar refractivity (Wildman–Crippen MR) is 55.4 cm³/mol. The van der Waals surface area contributed by atoms with Crippen molar-refractivity contribution in [2.45, 2.75) is 6.92 Å². The molecule has 0 atom stereocenters. The van der Waals surface area contributed by atoms with E-state index < -0.39 is 0 Å². The highest BCUT2D eigenvalue weighted by Gasteiger charge is 2.06. The van der Waals surface area contributed by atoms with Gasteiger partial charge in [-0.1, -0.05) is 24.8 Å². The molecule has 0 spiro atoms.